The molecule has 0 aromatic carbocycles. The number of aryl methyl sites for hydroxylation is 1. The molecule has 1 unspecified atom stereocenters. The Balaban J connectivity index is 1.39. The summed E-state index contributed by atoms with van der Waals surface area (Å²) in [5, 5.41) is 31.0. The number of aromatic nitrogens is 6. The number of nitrogens with two attached hydrogens (primary N) is 1. The number of phosphoric acid groups is 2. The number of H-pyrrole nitrogens is 1. The maximum atomic E-state index is 13.6. The summed E-state index contributed by atoms with van der Waals surface area (Å²) in [4.78, 5) is 56.8. The number of anilines is 1. The number of fused-ring (bicyclic) bond motifs is 1. The van der Waals surface area contributed by atoms with E-state index in [-0.39, 0.29) is 29.0 Å². The zero-order chi connectivity index (χ0) is 31.3. The normalized spacial score (nSPS) is 29.3. The van der Waals surface area contributed by atoms with Gasteiger partial charge in [0.05, 0.1) is 25.6 Å². The monoisotopic (exact) mass is 651 g/mol. The number of hydrogen-bond donors (Lipinski definition) is 7. The van der Waals surface area contributed by atoms with E-state index in [2.05, 4.69) is 24.2 Å². The molecule has 23 heteroatoms. The van der Waals surface area contributed by atoms with Crippen LogP contribution in [0.25, 0.3) is 11.2 Å². The first-order valence-electron chi connectivity index (χ1n) is 12.4. The molecule has 5 rings (SSSR count). The molecule has 0 spiro atoms. The van der Waals surface area contributed by atoms with Crippen LogP contribution in [0.15, 0.2) is 28.4 Å². The number of nitrogens with one attached hydrogen (secondary N) is 1. The summed E-state index contributed by atoms with van der Waals surface area (Å²) in [6, 6.07) is 0. The Hall–Kier alpha value is -2.91. The molecule has 0 amide bonds. The summed E-state index contributed by atoms with van der Waals surface area (Å²) in [6.07, 6.45) is -6.79. The van der Waals surface area contributed by atoms with Gasteiger partial charge in [0.25, 0.3) is 5.56 Å². The molecule has 2 saturated heterocycles. The van der Waals surface area contributed by atoms with Crippen LogP contribution in [0.2, 0.25) is 0 Å². The Morgan fingerprint density at radius 3 is 2.58 bits per heavy atom. The molecule has 236 valence electrons. The van der Waals surface area contributed by atoms with Gasteiger partial charge in [-0.25, -0.2) is 28.9 Å². The van der Waals surface area contributed by atoms with E-state index in [1.807, 2.05) is 0 Å². The number of rotatable bonds is 10. The predicted octanol–water partition coefficient (Wildman–Crippen LogP) is -2.21. The Bertz CT molecular complexity index is 1710. The lowest BCUT2D eigenvalue weighted by Crippen LogP contribution is -2.35. The largest absolute Gasteiger partial charge is 0.484 e. The number of hydrogen-bond acceptors (Lipinski definition) is 16. The third-order valence-corrected chi connectivity index (χ3v) is 9.29. The van der Waals surface area contributed by atoms with Crippen LogP contribution in [0.1, 0.15) is 24.4 Å². The summed E-state index contributed by atoms with van der Waals surface area (Å²) in [5.74, 6) is -0.00924. The predicted molar refractivity (Wildman–Crippen MR) is 139 cm³/mol. The van der Waals surface area contributed by atoms with E-state index in [1.54, 1.807) is 0 Å². The van der Waals surface area contributed by atoms with Crippen molar-refractivity contribution in [2.75, 3.05) is 18.9 Å². The van der Waals surface area contributed by atoms with Gasteiger partial charge in [0.2, 0.25) is 0 Å². The van der Waals surface area contributed by atoms with E-state index < -0.39 is 83.1 Å². The van der Waals surface area contributed by atoms with Crippen LogP contribution >= 0.6 is 15.6 Å². The van der Waals surface area contributed by atoms with Crippen molar-refractivity contribution in [3.05, 3.63) is 45.3 Å². The Morgan fingerprint density at radius 2 is 1.88 bits per heavy atom. The SMILES string of the molecule is Cc1cn([C@H]2C[C@H](O)[C@@H](COP(=O)(O[C@@H]3[C@H](O)[C@@H](CO)O[C@H]3n3cnc4c(N)ncnc43)OP(=O)(O)O)O2)c(=O)[nH]c1=O. The Kier molecular flexibility index (Phi) is 8.71. The Labute approximate surface area is 239 Å². The van der Waals surface area contributed by atoms with E-state index >= 15 is 0 Å². The molecule has 8 N–H and O–H groups in total. The van der Waals surface area contributed by atoms with Crippen LogP contribution in [0.5, 0.6) is 0 Å². The van der Waals surface area contributed by atoms with E-state index in [0.717, 1.165) is 10.9 Å². The molecular weight excluding hydrogens is 624 g/mol. The molecule has 2 aliphatic heterocycles. The number of ether oxygens (including phenoxy) is 2. The van der Waals surface area contributed by atoms with Gasteiger partial charge in [-0.15, -0.1) is 0 Å². The Morgan fingerprint density at radius 1 is 1.14 bits per heavy atom. The van der Waals surface area contributed by atoms with E-state index in [9.17, 15) is 43.8 Å². The molecule has 3 aromatic heterocycles. The zero-order valence-electron chi connectivity index (χ0n) is 22.0. The first-order chi connectivity index (χ1) is 20.2. The van der Waals surface area contributed by atoms with Crippen molar-refractivity contribution < 1.29 is 57.1 Å². The van der Waals surface area contributed by atoms with Crippen molar-refractivity contribution in [2.24, 2.45) is 0 Å². The van der Waals surface area contributed by atoms with Crippen LogP contribution in [0, 0.1) is 6.92 Å². The first-order valence-corrected chi connectivity index (χ1v) is 15.4. The van der Waals surface area contributed by atoms with Crippen molar-refractivity contribution in [1.82, 2.24) is 29.1 Å². The summed E-state index contributed by atoms with van der Waals surface area (Å²) in [7, 11) is -10.9. The lowest BCUT2D eigenvalue weighted by molar-refractivity contribution is -0.0601. The van der Waals surface area contributed by atoms with Gasteiger partial charge in [-0.05, 0) is 6.92 Å². The summed E-state index contributed by atoms with van der Waals surface area (Å²) < 4.78 is 53.7. The third kappa shape index (κ3) is 6.48. The van der Waals surface area contributed by atoms with Crippen LogP contribution in [-0.2, 0) is 32.0 Å². The van der Waals surface area contributed by atoms with Crippen molar-refractivity contribution >= 4 is 32.6 Å². The minimum atomic E-state index is -5.59. The average molecular weight is 651 g/mol. The summed E-state index contributed by atoms with van der Waals surface area (Å²) in [5.41, 5.74) is 4.74. The van der Waals surface area contributed by atoms with E-state index in [1.165, 1.54) is 24.0 Å². The van der Waals surface area contributed by atoms with Crippen molar-refractivity contribution in [2.45, 2.75) is 56.3 Å². The van der Waals surface area contributed by atoms with Crippen LogP contribution in [0.4, 0.5) is 5.82 Å². The number of aliphatic hydroxyl groups excluding tert-OH is 3. The molecular formula is C20H27N7O14P2. The van der Waals surface area contributed by atoms with Crippen LogP contribution < -0.4 is 17.0 Å². The lowest BCUT2D eigenvalue weighted by Gasteiger charge is -2.27. The van der Waals surface area contributed by atoms with Gasteiger partial charge in [0, 0.05) is 18.2 Å². The molecule has 0 saturated carbocycles. The van der Waals surface area contributed by atoms with Gasteiger partial charge < -0.3 is 40.3 Å². The number of phosphoric ester groups is 1. The molecule has 0 aliphatic carbocycles. The molecule has 21 nitrogen and oxygen atoms in total. The maximum Gasteiger partial charge on any atom is 0.484 e. The van der Waals surface area contributed by atoms with Crippen LogP contribution in [0.3, 0.4) is 0 Å². The number of nitrogens with zero attached hydrogens (tertiary/aromatic N) is 5. The standard InChI is InChI=1S/C20H27N7O14P2/c1-8-3-26(20(32)25-18(8)31)12-2-9(29)11(38-12)5-37-43(36,41-42(33,34)35)40-15-14(30)10(4-28)39-19(15)27-7-24-13-16(21)22-6-23-17(13)27/h3,6-7,9-12,14-15,19,28-30H,2,4-5H2,1H3,(H2,21,22,23)(H,25,31,32)(H2,33,34,35)/t9-,10+,11+,12+,14+,15+,19+,43?/m0/s1. The fourth-order valence-electron chi connectivity index (χ4n) is 4.62. The average Bonchev–Trinajstić information content (AvgIpc) is 3.60. The first kappa shape index (κ1) is 31.5. The highest BCUT2D eigenvalue weighted by Gasteiger charge is 2.52. The third-order valence-electron chi connectivity index (χ3n) is 6.67. The van der Waals surface area contributed by atoms with Gasteiger partial charge in [0.1, 0.15) is 42.5 Å². The van der Waals surface area contributed by atoms with Gasteiger partial charge in [0.15, 0.2) is 17.7 Å². The highest BCUT2D eigenvalue weighted by molar-refractivity contribution is 7.61. The summed E-state index contributed by atoms with van der Waals surface area (Å²) in [6.45, 7) is -0.154. The van der Waals surface area contributed by atoms with Crippen molar-refractivity contribution in [1.29, 1.82) is 0 Å². The van der Waals surface area contributed by atoms with Gasteiger partial charge in [-0.1, -0.05) is 0 Å². The lowest BCUT2D eigenvalue weighted by atomic mass is 10.1. The van der Waals surface area contributed by atoms with Crippen LogP contribution in [-0.4, -0.2) is 97.9 Å². The topological polar surface area (TPSA) is 306 Å². The second kappa shape index (κ2) is 11.9. The number of imidazole rings is 1. The molecule has 2 aliphatic rings. The van der Waals surface area contributed by atoms with Crippen molar-refractivity contribution in [3.8, 4) is 0 Å². The molecule has 5 heterocycles. The fraction of sp³-hybridized carbons (Fsp3) is 0.550. The highest BCUT2D eigenvalue weighted by Crippen LogP contribution is 2.63. The van der Waals surface area contributed by atoms with Gasteiger partial charge in [-0.2, -0.15) is 4.31 Å². The fourth-order valence-corrected chi connectivity index (χ4v) is 6.92. The van der Waals surface area contributed by atoms with Gasteiger partial charge >= 0.3 is 21.3 Å². The minimum Gasteiger partial charge on any atom is -0.394 e. The van der Waals surface area contributed by atoms with Gasteiger partial charge in [-0.3, -0.25) is 28.0 Å². The smallest absolute Gasteiger partial charge is 0.394 e. The van der Waals surface area contributed by atoms with E-state index in [4.69, 9.17) is 24.3 Å². The molecule has 2 fully saturated rings. The molecule has 8 atom stereocenters. The molecule has 43 heavy (non-hydrogen) atoms. The molecule has 0 radical (unpaired) electrons. The molecule has 0 bridgehead atoms. The molecule has 3 aromatic rings. The van der Waals surface area contributed by atoms with E-state index in [0.29, 0.717) is 0 Å². The second-order valence-corrected chi connectivity index (χ2v) is 12.6. The maximum absolute atomic E-state index is 13.6. The minimum absolute atomic E-state index is 0.00924. The quantitative estimate of drug-likeness (QED) is 0.114. The van der Waals surface area contributed by atoms with Crippen molar-refractivity contribution in [3.63, 3.8) is 0 Å². The number of nitrogen functional groups attached to an aromatic ring is 1. The zero-order valence-corrected chi connectivity index (χ0v) is 23.8. The number of aliphatic hydroxyl groups is 3. The summed E-state index contributed by atoms with van der Waals surface area (Å²) >= 11 is 0. The second-order valence-electron chi connectivity index (χ2n) is 9.62. The number of aromatic amines is 1. The highest BCUT2D eigenvalue weighted by atomic mass is 31.3.